The molecule has 0 amide bonds. The summed E-state index contributed by atoms with van der Waals surface area (Å²) < 4.78 is 5.25. The smallest absolute Gasteiger partial charge is 0.222 e. The topological polar surface area (TPSA) is 88.6 Å². The second kappa shape index (κ2) is 7.18. The number of fused-ring (bicyclic) bond motifs is 1. The molecule has 0 atom stereocenters. The van der Waals surface area contributed by atoms with Crippen molar-refractivity contribution in [2.45, 2.75) is 13.0 Å². The molecule has 0 radical (unpaired) electrons. The van der Waals surface area contributed by atoms with E-state index >= 15 is 0 Å². The Balaban J connectivity index is 1.43. The molecule has 0 saturated carbocycles. The summed E-state index contributed by atoms with van der Waals surface area (Å²) >= 11 is 0. The van der Waals surface area contributed by atoms with E-state index in [4.69, 9.17) is 4.74 Å². The Morgan fingerprint density at radius 2 is 1.81 bits per heavy atom. The molecule has 7 heteroatoms. The number of anilines is 1. The Morgan fingerprint density at radius 3 is 2.65 bits per heavy atom. The summed E-state index contributed by atoms with van der Waals surface area (Å²) in [7, 11) is 1.61. The van der Waals surface area contributed by atoms with Crippen LogP contribution in [0.2, 0.25) is 0 Å². The van der Waals surface area contributed by atoms with Crippen LogP contribution in [0, 0.1) is 0 Å². The molecule has 0 unspecified atom stereocenters. The van der Waals surface area contributed by atoms with Crippen LogP contribution in [-0.4, -0.2) is 32.0 Å². The molecule has 0 spiro atoms. The fraction of sp³-hybridized carbons (Fsp3) is 0.158. The zero-order valence-corrected chi connectivity index (χ0v) is 14.3. The van der Waals surface area contributed by atoms with Crippen LogP contribution in [-0.2, 0) is 13.0 Å². The van der Waals surface area contributed by atoms with Crippen molar-refractivity contribution in [3.8, 4) is 5.88 Å². The molecule has 7 nitrogen and oxygen atoms in total. The van der Waals surface area contributed by atoms with Crippen molar-refractivity contribution in [3.63, 3.8) is 0 Å². The van der Waals surface area contributed by atoms with Crippen LogP contribution in [0.4, 0.5) is 5.95 Å². The first-order valence-corrected chi connectivity index (χ1v) is 8.27. The number of rotatable bonds is 6. The summed E-state index contributed by atoms with van der Waals surface area (Å²) in [4.78, 5) is 20.5. The number of hydrogen-bond donors (Lipinski definition) is 2. The van der Waals surface area contributed by atoms with E-state index in [2.05, 4.69) is 36.3 Å². The highest BCUT2D eigenvalue weighted by molar-refractivity contribution is 5.79. The molecule has 4 heterocycles. The Morgan fingerprint density at radius 1 is 1.00 bits per heavy atom. The number of nitrogens with zero attached hydrogens (tertiary/aromatic N) is 4. The van der Waals surface area contributed by atoms with Crippen LogP contribution in [0.3, 0.4) is 0 Å². The fourth-order valence-electron chi connectivity index (χ4n) is 2.83. The first kappa shape index (κ1) is 16.0. The van der Waals surface area contributed by atoms with Crippen LogP contribution in [0.1, 0.15) is 16.7 Å². The zero-order valence-electron chi connectivity index (χ0n) is 14.3. The predicted molar refractivity (Wildman–Crippen MR) is 99.0 cm³/mol. The molecule has 4 aromatic heterocycles. The summed E-state index contributed by atoms with van der Waals surface area (Å²) in [6, 6.07) is 7.83. The Labute approximate surface area is 150 Å². The monoisotopic (exact) mass is 346 g/mol. The SMILES string of the molecule is COc1ncccc1CNc1ncc(Cc2c[nH]c3ncccc23)cn1. The van der Waals surface area contributed by atoms with E-state index in [1.54, 1.807) is 19.5 Å². The number of aromatic nitrogens is 5. The van der Waals surface area contributed by atoms with Gasteiger partial charge in [0.15, 0.2) is 0 Å². The van der Waals surface area contributed by atoms with E-state index < -0.39 is 0 Å². The van der Waals surface area contributed by atoms with Crippen LogP contribution in [0.25, 0.3) is 11.0 Å². The number of nitrogens with one attached hydrogen (secondary N) is 2. The first-order valence-electron chi connectivity index (χ1n) is 8.27. The summed E-state index contributed by atoms with van der Waals surface area (Å²) in [5, 5.41) is 4.32. The van der Waals surface area contributed by atoms with E-state index in [0.717, 1.165) is 28.6 Å². The lowest BCUT2D eigenvalue weighted by molar-refractivity contribution is 0.393. The molecule has 0 aromatic carbocycles. The van der Waals surface area contributed by atoms with Crippen molar-refractivity contribution >= 4 is 17.0 Å². The number of ether oxygens (including phenoxy) is 1. The minimum Gasteiger partial charge on any atom is -0.481 e. The number of H-pyrrole nitrogens is 1. The van der Waals surface area contributed by atoms with E-state index in [1.165, 1.54) is 5.56 Å². The lowest BCUT2D eigenvalue weighted by Gasteiger charge is -2.08. The largest absolute Gasteiger partial charge is 0.481 e. The van der Waals surface area contributed by atoms with Crippen molar-refractivity contribution in [3.05, 3.63) is 71.9 Å². The van der Waals surface area contributed by atoms with Gasteiger partial charge in [-0.2, -0.15) is 0 Å². The van der Waals surface area contributed by atoms with Crippen molar-refractivity contribution in [2.24, 2.45) is 0 Å². The predicted octanol–water partition coefficient (Wildman–Crippen LogP) is 2.96. The lowest BCUT2D eigenvalue weighted by Crippen LogP contribution is -2.06. The molecule has 0 bridgehead atoms. The maximum atomic E-state index is 5.25. The number of pyridine rings is 2. The quantitative estimate of drug-likeness (QED) is 0.558. The van der Waals surface area contributed by atoms with Crippen molar-refractivity contribution in [2.75, 3.05) is 12.4 Å². The molecular formula is C19H18N6O. The summed E-state index contributed by atoms with van der Waals surface area (Å²) in [5.41, 5.74) is 4.07. The first-order chi connectivity index (χ1) is 12.8. The average Bonchev–Trinajstić information content (AvgIpc) is 3.11. The minimum absolute atomic E-state index is 0.546. The second-order valence-corrected chi connectivity index (χ2v) is 5.83. The Bertz CT molecular complexity index is 1010. The molecule has 4 aromatic rings. The van der Waals surface area contributed by atoms with Crippen molar-refractivity contribution in [1.82, 2.24) is 24.9 Å². The van der Waals surface area contributed by atoms with Crippen molar-refractivity contribution < 1.29 is 4.74 Å². The highest BCUT2D eigenvalue weighted by atomic mass is 16.5. The van der Waals surface area contributed by atoms with Crippen molar-refractivity contribution in [1.29, 1.82) is 0 Å². The fourth-order valence-corrected chi connectivity index (χ4v) is 2.83. The van der Waals surface area contributed by atoms with Gasteiger partial charge in [0.05, 0.1) is 7.11 Å². The standard InChI is InChI=1S/C19H18N6O/c1-26-18-14(4-2-7-21-18)11-25-19-23-9-13(10-24-19)8-15-12-22-17-16(15)5-3-6-20-17/h2-7,9-10,12H,8,11H2,1H3,(H,20,22)(H,23,24,25). The average molecular weight is 346 g/mol. The van der Waals surface area contributed by atoms with Gasteiger partial charge in [-0.3, -0.25) is 0 Å². The van der Waals surface area contributed by atoms with Crippen LogP contribution in [0.15, 0.2) is 55.2 Å². The van der Waals surface area contributed by atoms with E-state index in [9.17, 15) is 0 Å². The van der Waals surface area contributed by atoms with Gasteiger partial charge in [0.25, 0.3) is 0 Å². The molecule has 4 rings (SSSR count). The van der Waals surface area contributed by atoms with Gasteiger partial charge in [0.1, 0.15) is 5.65 Å². The van der Waals surface area contributed by atoms with Gasteiger partial charge in [-0.15, -0.1) is 0 Å². The minimum atomic E-state index is 0.546. The molecule has 0 aliphatic rings. The maximum absolute atomic E-state index is 5.25. The normalized spacial score (nSPS) is 10.8. The molecule has 130 valence electrons. The highest BCUT2D eigenvalue weighted by Crippen LogP contribution is 2.19. The van der Waals surface area contributed by atoms with Gasteiger partial charge in [-0.1, -0.05) is 6.07 Å². The number of aromatic amines is 1. The maximum Gasteiger partial charge on any atom is 0.222 e. The molecule has 0 aliphatic heterocycles. The van der Waals surface area contributed by atoms with E-state index in [0.29, 0.717) is 18.4 Å². The summed E-state index contributed by atoms with van der Waals surface area (Å²) in [5.74, 6) is 1.17. The molecule has 0 fully saturated rings. The molecule has 2 N–H and O–H groups in total. The zero-order chi connectivity index (χ0) is 17.8. The second-order valence-electron chi connectivity index (χ2n) is 5.83. The molecule has 26 heavy (non-hydrogen) atoms. The molecular weight excluding hydrogens is 328 g/mol. The number of hydrogen-bond acceptors (Lipinski definition) is 6. The molecule has 0 saturated heterocycles. The third-order valence-corrected chi connectivity index (χ3v) is 4.12. The Kier molecular flexibility index (Phi) is 4.42. The Hall–Kier alpha value is -3.48. The van der Waals surface area contributed by atoms with Gasteiger partial charge < -0.3 is 15.0 Å². The van der Waals surface area contributed by atoms with Gasteiger partial charge in [-0.25, -0.2) is 19.9 Å². The summed E-state index contributed by atoms with van der Waals surface area (Å²) in [6.07, 6.45) is 9.90. The molecule has 0 aliphatic carbocycles. The van der Waals surface area contributed by atoms with Gasteiger partial charge in [0.2, 0.25) is 11.8 Å². The van der Waals surface area contributed by atoms with Crippen LogP contribution in [0.5, 0.6) is 5.88 Å². The van der Waals surface area contributed by atoms with Gasteiger partial charge >= 0.3 is 0 Å². The third-order valence-electron chi connectivity index (χ3n) is 4.12. The van der Waals surface area contributed by atoms with E-state index in [-0.39, 0.29) is 0 Å². The lowest BCUT2D eigenvalue weighted by atomic mass is 10.1. The van der Waals surface area contributed by atoms with E-state index in [1.807, 2.05) is 36.8 Å². The third kappa shape index (κ3) is 3.32. The van der Waals surface area contributed by atoms with Gasteiger partial charge in [0, 0.05) is 54.9 Å². The summed E-state index contributed by atoms with van der Waals surface area (Å²) in [6.45, 7) is 0.546. The van der Waals surface area contributed by atoms with Gasteiger partial charge in [-0.05, 0) is 29.3 Å². The number of methoxy groups -OCH3 is 1. The van der Waals surface area contributed by atoms with Crippen LogP contribution < -0.4 is 10.1 Å². The van der Waals surface area contributed by atoms with Crippen LogP contribution >= 0.6 is 0 Å². The highest BCUT2D eigenvalue weighted by Gasteiger charge is 2.07.